The fraction of sp³-hybridized carbons (Fsp3) is 0.353. The summed E-state index contributed by atoms with van der Waals surface area (Å²) >= 11 is 0. The molecule has 1 amide bonds. The van der Waals surface area contributed by atoms with Crippen LogP contribution in [0.4, 0.5) is 5.69 Å². The van der Waals surface area contributed by atoms with Crippen molar-refractivity contribution < 1.29 is 4.79 Å². The van der Waals surface area contributed by atoms with Gasteiger partial charge in [0.05, 0.1) is 10.9 Å². The van der Waals surface area contributed by atoms with Crippen molar-refractivity contribution in [2.24, 2.45) is 0 Å². The van der Waals surface area contributed by atoms with Gasteiger partial charge in [-0.25, -0.2) is 0 Å². The van der Waals surface area contributed by atoms with Crippen LogP contribution < -0.4 is 15.8 Å². The monoisotopic (exact) mass is 577 g/mol. The van der Waals surface area contributed by atoms with Crippen LogP contribution in [-0.2, 0) is 24.2 Å². The van der Waals surface area contributed by atoms with E-state index in [0.717, 1.165) is 43.8 Å². The van der Waals surface area contributed by atoms with Crippen LogP contribution in [0.15, 0.2) is 77.6 Å². The Hall–Kier alpha value is -4.50. The maximum atomic E-state index is 13.4. The number of anilines is 1. The number of nitrogens with zero attached hydrogens (tertiary/aromatic N) is 6. The first-order valence-electron chi connectivity index (χ1n) is 15.2. The predicted molar refractivity (Wildman–Crippen MR) is 171 cm³/mol. The van der Waals surface area contributed by atoms with E-state index in [2.05, 4.69) is 69.5 Å². The lowest BCUT2D eigenvalue weighted by molar-refractivity contribution is -0.121. The van der Waals surface area contributed by atoms with E-state index < -0.39 is 0 Å². The Balaban J connectivity index is 1.06. The Morgan fingerprint density at radius 2 is 1.60 bits per heavy atom. The molecule has 5 aromatic rings. The Labute approximate surface area is 251 Å². The molecular weight excluding hydrogens is 538 g/mol. The number of nitrogens with one attached hydrogen (secondary N) is 1. The Morgan fingerprint density at radius 1 is 0.837 bits per heavy atom. The number of hydrogen-bond donors (Lipinski definition) is 1. The first-order valence-corrected chi connectivity index (χ1v) is 15.2. The maximum absolute atomic E-state index is 13.4. The number of piperazine rings is 1. The summed E-state index contributed by atoms with van der Waals surface area (Å²) in [5, 5.41) is 12.6. The summed E-state index contributed by atoms with van der Waals surface area (Å²) in [7, 11) is 0. The summed E-state index contributed by atoms with van der Waals surface area (Å²) in [6, 6.07) is 24.2. The molecule has 0 bridgehead atoms. The van der Waals surface area contributed by atoms with Crippen molar-refractivity contribution in [3.8, 4) is 0 Å². The molecule has 1 fully saturated rings. The number of carbonyl (C=O) groups excluding carboxylic acids is 1. The van der Waals surface area contributed by atoms with Crippen molar-refractivity contribution in [1.82, 2.24) is 29.4 Å². The van der Waals surface area contributed by atoms with Gasteiger partial charge < -0.3 is 10.2 Å². The van der Waals surface area contributed by atoms with E-state index in [0.29, 0.717) is 49.3 Å². The highest BCUT2D eigenvalue weighted by molar-refractivity contribution is 5.80. The molecule has 3 aromatic carbocycles. The Bertz CT molecular complexity index is 1790. The van der Waals surface area contributed by atoms with Crippen LogP contribution >= 0.6 is 0 Å². The third-order valence-electron chi connectivity index (χ3n) is 8.66. The summed E-state index contributed by atoms with van der Waals surface area (Å²) < 4.78 is 3.64. The highest BCUT2D eigenvalue weighted by Crippen LogP contribution is 2.24. The molecule has 0 unspecified atom stereocenters. The Kier molecular flexibility index (Phi) is 8.51. The van der Waals surface area contributed by atoms with E-state index in [1.807, 2.05) is 46.9 Å². The smallest absolute Gasteiger partial charge is 0.262 e. The van der Waals surface area contributed by atoms with Crippen LogP contribution in [0.1, 0.15) is 28.9 Å². The average Bonchev–Trinajstić information content (AvgIpc) is 3.46. The van der Waals surface area contributed by atoms with Gasteiger partial charge >= 0.3 is 0 Å². The summed E-state index contributed by atoms with van der Waals surface area (Å²) in [4.78, 5) is 31.1. The van der Waals surface area contributed by atoms with Crippen LogP contribution in [0.5, 0.6) is 0 Å². The normalized spacial score (nSPS) is 14.0. The van der Waals surface area contributed by atoms with Gasteiger partial charge in [-0.2, -0.15) is 0 Å². The number of benzene rings is 3. The van der Waals surface area contributed by atoms with Gasteiger partial charge in [-0.15, -0.1) is 10.2 Å². The number of aryl methyl sites for hydroxylation is 4. The lowest BCUT2D eigenvalue weighted by Gasteiger charge is -2.37. The van der Waals surface area contributed by atoms with E-state index in [-0.39, 0.29) is 11.5 Å². The minimum atomic E-state index is -0.0782. The zero-order valence-electron chi connectivity index (χ0n) is 25.0. The van der Waals surface area contributed by atoms with Crippen LogP contribution in [0, 0.1) is 13.8 Å². The minimum Gasteiger partial charge on any atom is -0.369 e. The van der Waals surface area contributed by atoms with Gasteiger partial charge in [-0.1, -0.05) is 54.6 Å². The molecule has 43 heavy (non-hydrogen) atoms. The molecule has 3 heterocycles. The van der Waals surface area contributed by atoms with Gasteiger partial charge in [-0.05, 0) is 55.2 Å². The molecule has 9 heteroatoms. The van der Waals surface area contributed by atoms with Crippen molar-refractivity contribution in [3.63, 3.8) is 0 Å². The SMILES string of the molecule is Cc1cccc(N2CCN(CCNC(=O)CCc3nnc4n(CCc5ccccc5)c(=O)c5ccccc5n34)CC2)c1C. The molecule has 0 radical (unpaired) electrons. The van der Waals surface area contributed by atoms with Crippen molar-refractivity contribution in [2.45, 2.75) is 39.7 Å². The molecule has 0 atom stereocenters. The maximum Gasteiger partial charge on any atom is 0.262 e. The number of carbonyl (C=O) groups is 1. The molecule has 1 aliphatic heterocycles. The van der Waals surface area contributed by atoms with Gasteiger partial charge in [0.2, 0.25) is 11.7 Å². The van der Waals surface area contributed by atoms with Gasteiger partial charge in [0, 0.05) is 64.3 Å². The topological polar surface area (TPSA) is 87.8 Å². The second-order valence-electron chi connectivity index (χ2n) is 11.4. The number of rotatable bonds is 10. The van der Waals surface area contributed by atoms with Crippen LogP contribution in [0.3, 0.4) is 0 Å². The molecule has 1 N–H and O–H groups in total. The van der Waals surface area contributed by atoms with Gasteiger partial charge in [0.25, 0.3) is 5.56 Å². The lowest BCUT2D eigenvalue weighted by atomic mass is 10.1. The van der Waals surface area contributed by atoms with E-state index >= 15 is 0 Å². The number of amides is 1. The fourth-order valence-corrected chi connectivity index (χ4v) is 6.02. The van der Waals surface area contributed by atoms with E-state index in [4.69, 9.17) is 0 Å². The fourth-order valence-electron chi connectivity index (χ4n) is 6.02. The van der Waals surface area contributed by atoms with Crippen molar-refractivity contribution >= 4 is 28.3 Å². The highest BCUT2D eigenvalue weighted by atomic mass is 16.1. The number of aromatic nitrogens is 4. The quantitative estimate of drug-likeness (QED) is 0.272. The number of fused-ring (bicyclic) bond motifs is 3. The van der Waals surface area contributed by atoms with Crippen molar-refractivity contribution in [3.05, 3.63) is 106 Å². The molecule has 222 valence electrons. The largest absolute Gasteiger partial charge is 0.369 e. The second-order valence-corrected chi connectivity index (χ2v) is 11.4. The molecule has 1 saturated heterocycles. The third kappa shape index (κ3) is 6.17. The lowest BCUT2D eigenvalue weighted by Crippen LogP contribution is -2.48. The molecule has 9 nitrogen and oxygen atoms in total. The van der Waals surface area contributed by atoms with Crippen molar-refractivity contribution in [1.29, 1.82) is 0 Å². The Morgan fingerprint density at radius 3 is 2.42 bits per heavy atom. The third-order valence-corrected chi connectivity index (χ3v) is 8.66. The molecule has 0 aliphatic carbocycles. The molecule has 1 aliphatic rings. The average molecular weight is 578 g/mol. The van der Waals surface area contributed by atoms with E-state index in [1.54, 1.807) is 4.57 Å². The summed E-state index contributed by atoms with van der Waals surface area (Å²) in [6.07, 6.45) is 1.45. The predicted octanol–water partition coefficient (Wildman–Crippen LogP) is 3.77. The van der Waals surface area contributed by atoms with E-state index in [9.17, 15) is 9.59 Å². The zero-order chi connectivity index (χ0) is 29.8. The van der Waals surface area contributed by atoms with Gasteiger partial charge in [0.15, 0.2) is 0 Å². The minimum absolute atomic E-state index is 0.00697. The second kappa shape index (κ2) is 12.8. The van der Waals surface area contributed by atoms with Crippen LogP contribution in [0.2, 0.25) is 0 Å². The zero-order valence-corrected chi connectivity index (χ0v) is 25.0. The van der Waals surface area contributed by atoms with Crippen LogP contribution in [-0.4, -0.2) is 69.2 Å². The molecular formula is C34H39N7O2. The summed E-state index contributed by atoms with van der Waals surface area (Å²) in [6.45, 7) is 10.2. The van der Waals surface area contributed by atoms with Crippen molar-refractivity contribution in [2.75, 3.05) is 44.2 Å². The molecule has 0 saturated carbocycles. The standard InChI is InChI=1S/C34H39N7O2/c1-25-9-8-14-29(26(25)2)39-23-21-38(22-24-39)20-18-35-32(42)16-15-31-36-37-34-40(19-17-27-10-4-3-5-11-27)33(43)28-12-6-7-13-30(28)41(31)34/h3-14H,15-24H2,1-2H3,(H,35,42). The summed E-state index contributed by atoms with van der Waals surface area (Å²) in [5.74, 6) is 1.18. The first-order chi connectivity index (χ1) is 21.0. The van der Waals surface area contributed by atoms with Gasteiger partial charge in [-0.3, -0.25) is 23.5 Å². The number of para-hydroxylation sites is 1. The van der Waals surface area contributed by atoms with Crippen LogP contribution in [0.25, 0.3) is 16.7 Å². The number of hydrogen-bond acceptors (Lipinski definition) is 6. The van der Waals surface area contributed by atoms with E-state index in [1.165, 1.54) is 16.8 Å². The van der Waals surface area contributed by atoms with Gasteiger partial charge in [0.1, 0.15) is 5.82 Å². The summed E-state index contributed by atoms with van der Waals surface area (Å²) in [5.41, 5.74) is 5.85. The highest BCUT2D eigenvalue weighted by Gasteiger charge is 2.20. The molecule has 6 rings (SSSR count). The molecule has 0 spiro atoms. The first kappa shape index (κ1) is 28.6. The molecule has 2 aromatic heterocycles.